The van der Waals surface area contributed by atoms with E-state index in [0.29, 0.717) is 5.92 Å². The molecule has 57 valence electrons. The van der Waals surface area contributed by atoms with Crippen LogP contribution in [0, 0.1) is 12.8 Å². The minimum Gasteiger partial charge on any atom is -0.412 e. The zero-order valence-corrected chi connectivity index (χ0v) is 6.61. The third-order valence-electron chi connectivity index (χ3n) is 1.54. The highest BCUT2D eigenvalue weighted by Crippen LogP contribution is 2.09. The van der Waals surface area contributed by atoms with Crippen molar-refractivity contribution < 1.29 is 5.48 Å². The molecule has 1 unspecified atom stereocenters. The maximum Gasteiger partial charge on any atom is -0.0417 e. The van der Waals surface area contributed by atoms with Gasteiger partial charge in [0.15, 0.2) is 0 Å². The molecule has 1 heteroatoms. The summed E-state index contributed by atoms with van der Waals surface area (Å²) in [4.78, 5) is 0. The Morgan fingerprint density at radius 3 is 2.22 bits per heavy atom. The van der Waals surface area contributed by atoms with Gasteiger partial charge in [-0.15, -0.1) is 0 Å². The van der Waals surface area contributed by atoms with Crippen molar-refractivity contribution in [1.82, 2.24) is 0 Å². The van der Waals surface area contributed by atoms with Gasteiger partial charge < -0.3 is 5.48 Å². The van der Waals surface area contributed by atoms with Gasteiger partial charge in [0.2, 0.25) is 0 Å². The second-order valence-corrected chi connectivity index (χ2v) is 2.42. The summed E-state index contributed by atoms with van der Waals surface area (Å²) < 4.78 is 0. The highest BCUT2D eigenvalue weighted by atomic mass is 16.0. The standard InChI is InChI=1S/C8H17.H2O/c1-4-6-7-8(3)5-2;/h8H,3-7H2,1-2H3;1H2. The Kier molecular flexibility index (Phi) is 10.4. The van der Waals surface area contributed by atoms with Gasteiger partial charge in [0, 0.05) is 0 Å². The molecule has 1 nitrogen and oxygen atoms in total. The molecule has 1 radical (unpaired) electrons. The number of hydrogen-bond acceptors (Lipinski definition) is 0. The van der Waals surface area contributed by atoms with Crippen molar-refractivity contribution in [3.8, 4) is 0 Å². The quantitative estimate of drug-likeness (QED) is 0.560. The first kappa shape index (κ1) is 11.7. The summed E-state index contributed by atoms with van der Waals surface area (Å²) >= 11 is 0. The lowest BCUT2D eigenvalue weighted by Crippen LogP contribution is -1.90. The Labute approximate surface area is 58.8 Å². The van der Waals surface area contributed by atoms with Crippen molar-refractivity contribution >= 4 is 0 Å². The fourth-order valence-electron chi connectivity index (χ4n) is 0.697. The average Bonchev–Trinajstić information content (AvgIpc) is 1.83. The minimum absolute atomic E-state index is 0. The molecule has 0 aromatic heterocycles. The Morgan fingerprint density at radius 1 is 1.33 bits per heavy atom. The molecule has 0 saturated carbocycles. The molecule has 0 aromatic carbocycles. The van der Waals surface area contributed by atoms with Crippen molar-refractivity contribution in [2.75, 3.05) is 0 Å². The second kappa shape index (κ2) is 7.96. The lowest BCUT2D eigenvalue weighted by atomic mass is 10.0. The summed E-state index contributed by atoms with van der Waals surface area (Å²) in [6, 6.07) is 0. The van der Waals surface area contributed by atoms with Crippen molar-refractivity contribution in [3.05, 3.63) is 6.92 Å². The van der Waals surface area contributed by atoms with E-state index in [1.54, 1.807) is 0 Å². The SMILES string of the molecule is O.[CH2]C(CC)CCCC. The molecule has 9 heavy (non-hydrogen) atoms. The van der Waals surface area contributed by atoms with Crippen molar-refractivity contribution in [1.29, 1.82) is 0 Å². The molecule has 0 heterocycles. The molecule has 1 atom stereocenters. The molecule has 2 N–H and O–H groups in total. The summed E-state index contributed by atoms with van der Waals surface area (Å²) in [5.41, 5.74) is 0. The number of unbranched alkanes of at least 4 members (excludes halogenated alkanes) is 1. The molecule has 0 amide bonds. The van der Waals surface area contributed by atoms with Crippen LogP contribution in [0.3, 0.4) is 0 Å². The van der Waals surface area contributed by atoms with Crippen LogP contribution < -0.4 is 0 Å². The smallest absolute Gasteiger partial charge is 0.0417 e. The van der Waals surface area contributed by atoms with E-state index in [0.717, 1.165) is 0 Å². The number of hydrogen-bond donors (Lipinski definition) is 0. The van der Waals surface area contributed by atoms with Gasteiger partial charge in [0.05, 0.1) is 0 Å². The topological polar surface area (TPSA) is 31.5 Å². The van der Waals surface area contributed by atoms with E-state index >= 15 is 0 Å². The highest BCUT2D eigenvalue weighted by molar-refractivity contribution is 4.57. The average molecular weight is 131 g/mol. The van der Waals surface area contributed by atoms with Gasteiger partial charge in [-0.3, -0.25) is 0 Å². The van der Waals surface area contributed by atoms with E-state index in [2.05, 4.69) is 20.8 Å². The largest absolute Gasteiger partial charge is 0.412 e. The van der Waals surface area contributed by atoms with Crippen LogP contribution >= 0.6 is 0 Å². The van der Waals surface area contributed by atoms with Crippen LogP contribution in [0.1, 0.15) is 39.5 Å². The van der Waals surface area contributed by atoms with E-state index in [-0.39, 0.29) is 5.48 Å². The fraction of sp³-hybridized carbons (Fsp3) is 0.875. The van der Waals surface area contributed by atoms with Gasteiger partial charge in [-0.25, -0.2) is 0 Å². The Hall–Kier alpha value is -0.0400. The first-order chi connectivity index (χ1) is 3.81. The number of rotatable bonds is 4. The molecule has 0 aliphatic heterocycles. The van der Waals surface area contributed by atoms with Crippen LogP contribution in [0.4, 0.5) is 0 Å². The van der Waals surface area contributed by atoms with Crippen molar-refractivity contribution in [3.63, 3.8) is 0 Å². The van der Waals surface area contributed by atoms with Gasteiger partial charge in [0.25, 0.3) is 0 Å². The van der Waals surface area contributed by atoms with Gasteiger partial charge in [0.1, 0.15) is 0 Å². The fourth-order valence-corrected chi connectivity index (χ4v) is 0.697. The van der Waals surface area contributed by atoms with Crippen LogP contribution in [-0.4, -0.2) is 5.48 Å². The lowest BCUT2D eigenvalue weighted by molar-refractivity contribution is 0.537. The molecule has 0 fully saturated rings. The van der Waals surface area contributed by atoms with E-state index in [1.165, 1.54) is 25.7 Å². The van der Waals surface area contributed by atoms with E-state index in [4.69, 9.17) is 0 Å². The molecule has 0 aliphatic carbocycles. The zero-order chi connectivity index (χ0) is 6.41. The zero-order valence-electron chi connectivity index (χ0n) is 6.61. The van der Waals surface area contributed by atoms with Gasteiger partial charge in [-0.05, 0) is 5.92 Å². The van der Waals surface area contributed by atoms with Crippen LogP contribution in [0.25, 0.3) is 0 Å². The first-order valence-electron chi connectivity index (χ1n) is 3.64. The minimum atomic E-state index is 0. The summed E-state index contributed by atoms with van der Waals surface area (Å²) in [7, 11) is 0. The van der Waals surface area contributed by atoms with E-state index < -0.39 is 0 Å². The van der Waals surface area contributed by atoms with Crippen molar-refractivity contribution in [2.24, 2.45) is 5.92 Å². The lowest BCUT2D eigenvalue weighted by Gasteiger charge is -2.04. The first-order valence-corrected chi connectivity index (χ1v) is 3.64. The van der Waals surface area contributed by atoms with Crippen LogP contribution in [0.2, 0.25) is 0 Å². The summed E-state index contributed by atoms with van der Waals surface area (Å²) in [6.07, 6.45) is 5.21. The second-order valence-electron chi connectivity index (χ2n) is 2.42. The Balaban J connectivity index is 0. The van der Waals surface area contributed by atoms with Gasteiger partial charge >= 0.3 is 0 Å². The Bertz CT molecular complexity index is 43.8. The normalized spacial score (nSPS) is 12.3. The van der Waals surface area contributed by atoms with Gasteiger partial charge in [-0.1, -0.05) is 46.5 Å². The molecule has 0 aliphatic rings. The van der Waals surface area contributed by atoms with Gasteiger partial charge in [-0.2, -0.15) is 0 Å². The molecule has 0 aromatic rings. The molecule has 0 rings (SSSR count). The van der Waals surface area contributed by atoms with Crippen LogP contribution in [0.5, 0.6) is 0 Å². The molecular formula is C8H19O. The van der Waals surface area contributed by atoms with E-state index in [9.17, 15) is 0 Å². The predicted molar refractivity (Wildman–Crippen MR) is 42.3 cm³/mol. The van der Waals surface area contributed by atoms with Crippen molar-refractivity contribution in [2.45, 2.75) is 39.5 Å². The summed E-state index contributed by atoms with van der Waals surface area (Å²) in [5, 5.41) is 0. The molecular weight excluding hydrogens is 112 g/mol. The molecule has 0 spiro atoms. The molecule has 0 saturated heterocycles. The van der Waals surface area contributed by atoms with Crippen LogP contribution in [-0.2, 0) is 0 Å². The predicted octanol–water partition coefficient (Wildman–Crippen LogP) is 2.21. The molecule has 0 bridgehead atoms. The van der Waals surface area contributed by atoms with E-state index in [1.807, 2.05) is 0 Å². The third-order valence-corrected chi connectivity index (χ3v) is 1.54. The summed E-state index contributed by atoms with van der Waals surface area (Å²) in [5.74, 6) is 0.704. The highest BCUT2D eigenvalue weighted by Gasteiger charge is 1.94. The maximum atomic E-state index is 3.99. The maximum absolute atomic E-state index is 3.99. The third kappa shape index (κ3) is 7.96. The Morgan fingerprint density at radius 2 is 1.89 bits per heavy atom. The summed E-state index contributed by atoms with van der Waals surface area (Å²) in [6.45, 7) is 8.42. The monoisotopic (exact) mass is 131 g/mol. The van der Waals surface area contributed by atoms with Crippen LogP contribution in [0.15, 0.2) is 0 Å².